The number of alkyl halides is 3. The first kappa shape index (κ1) is 22.3. The van der Waals surface area contributed by atoms with Crippen molar-refractivity contribution >= 4 is 11.7 Å². The van der Waals surface area contributed by atoms with Gasteiger partial charge in [-0.3, -0.25) is 0 Å². The van der Waals surface area contributed by atoms with Crippen LogP contribution in [0.2, 0.25) is 0 Å². The molecule has 0 radical (unpaired) electrons. The molecule has 0 amide bonds. The number of ether oxygens (including phenoxy) is 2. The Balaban J connectivity index is 1.74. The van der Waals surface area contributed by atoms with Gasteiger partial charge in [0.25, 0.3) is 0 Å². The number of nitrogens with two attached hydrogens (primary N) is 2. The highest BCUT2D eigenvalue weighted by atomic mass is 19.3. The third-order valence-corrected chi connectivity index (χ3v) is 4.71. The third-order valence-electron chi connectivity index (χ3n) is 4.71. The number of aromatic nitrogens is 1. The van der Waals surface area contributed by atoms with Crippen LogP contribution >= 0.6 is 0 Å². The Kier molecular flexibility index (Phi) is 5.77. The number of halogens is 5. The van der Waals surface area contributed by atoms with Crippen molar-refractivity contribution in [1.82, 2.24) is 10.4 Å². The zero-order valence-electron chi connectivity index (χ0n) is 16.7. The molecule has 1 aromatic carbocycles. The van der Waals surface area contributed by atoms with Gasteiger partial charge in [-0.05, 0) is 29.8 Å². The monoisotopic (exact) mass is 465 g/mol. The van der Waals surface area contributed by atoms with E-state index in [0.717, 1.165) is 0 Å². The summed E-state index contributed by atoms with van der Waals surface area (Å²) in [6.07, 6.45) is -1.88. The summed E-state index contributed by atoms with van der Waals surface area (Å²) in [7, 11) is 0. The lowest BCUT2D eigenvalue weighted by atomic mass is 10.0. The Morgan fingerprint density at radius 2 is 1.97 bits per heavy atom. The van der Waals surface area contributed by atoms with E-state index in [9.17, 15) is 22.0 Å². The average Bonchev–Trinajstić information content (AvgIpc) is 2.94. The van der Waals surface area contributed by atoms with Gasteiger partial charge in [0, 0.05) is 18.2 Å². The summed E-state index contributed by atoms with van der Waals surface area (Å²) < 4.78 is 77.4. The topological polar surface area (TPSA) is 108 Å². The van der Waals surface area contributed by atoms with Crippen molar-refractivity contribution in [2.45, 2.75) is 18.9 Å². The summed E-state index contributed by atoms with van der Waals surface area (Å²) in [5, 5.41) is 0. The number of benzene rings is 1. The molecule has 1 atom stereocenters. The van der Waals surface area contributed by atoms with E-state index in [0.29, 0.717) is 11.1 Å². The molecule has 0 bridgehead atoms. The summed E-state index contributed by atoms with van der Waals surface area (Å²) >= 11 is 0. The molecule has 0 saturated carbocycles. The molecular formula is C21H16F5N5O2. The maximum Gasteiger partial charge on any atom is 0.468 e. The minimum Gasteiger partial charge on any atom is -0.447 e. The summed E-state index contributed by atoms with van der Waals surface area (Å²) in [6.45, 7) is 0. The van der Waals surface area contributed by atoms with Crippen LogP contribution in [-0.2, 0) is 0 Å². The lowest BCUT2D eigenvalue weighted by molar-refractivity contribution is -0.281. The fourth-order valence-electron chi connectivity index (χ4n) is 3.07. The van der Waals surface area contributed by atoms with Gasteiger partial charge >= 0.3 is 12.5 Å². The molecule has 33 heavy (non-hydrogen) atoms. The largest absolute Gasteiger partial charge is 0.468 e. The molecule has 172 valence electrons. The van der Waals surface area contributed by atoms with E-state index in [1.54, 1.807) is 0 Å². The first-order valence-corrected chi connectivity index (χ1v) is 9.44. The maximum atomic E-state index is 14.3. The minimum atomic E-state index is -4.16. The van der Waals surface area contributed by atoms with Crippen molar-refractivity contribution in [2.75, 3.05) is 5.73 Å². The molecule has 1 aromatic heterocycles. The fraction of sp³-hybridized carbons (Fsp3) is 0.143. The molecule has 5 N–H and O–H groups in total. The highest BCUT2D eigenvalue weighted by Gasteiger charge is 2.49. The normalized spacial score (nSPS) is 19.8. The van der Waals surface area contributed by atoms with Crippen LogP contribution in [0.4, 0.5) is 27.8 Å². The number of amidine groups is 1. The highest BCUT2D eigenvalue weighted by Crippen LogP contribution is 2.42. The van der Waals surface area contributed by atoms with Crippen LogP contribution in [0.15, 0.2) is 71.0 Å². The predicted octanol–water partition coefficient (Wildman–Crippen LogP) is 4.19. The second kappa shape index (κ2) is 8.54. The quantitative estimate of drug-likeness (QED) is 0.206. The Bertz CT molecular complexity index is 1230. The summed E-state index contributed by atoms with van der Waals surface area (Å²) in [6, 6.07) is 5.37. The molecule has 2 aliphatic rings. The number of pyridine rings is 1. The molecule has 2 aromatic rings. The lowest BCUT2D eigenvalue weighted by Gasteiger charge is -2.28. The second-order valence-electron chi connectivity index (χ2n) is 6.92. The molecule has 1 aliphatic heterocycles. The Labute approximate surface area is 183 Å². The summed E-state index contributed by atoms with van der Waals surface area (Å²) in [5.41, 5.74) is 8.68. The van der Waals surface area contributed by atoms with E-state index >= 15 is 0 Å². The van der Waals surface area contributed by atoms with E-state index in [2.05, 4.69) is 24.9 Å². The van der Waals surface area contributed by atoms with Crippen LogP contribution in [0, 0.1) is 0 Å². The van der Waals surface area contributed by atoms with Gasteiger partial charge in [-0.1, -0.05) is 18.2 Å². The minimum absolute atomic E-state index is 0.0468. The van der Waals surface area contributed by atoms with E-state index < -0.39 is 24.1 Å². The Hall–Kier alpha value is -3.93. The Morgan fingerprint density at radius 3 is 2.73 bits per heavy atom. The van der Waals surface area contributed by atoms with Gasteiger partial charge in [-0.25, -0.2) is 24.6 Å². The molecule has 7 nitrogen and oxygen atoms in total. The number of fused-ring (bicyclic) bond motifs is 1. The number of anilines is 1. The van der Waals surface area contributed by atoms with Gasteiger partial charge in [0.05, 0.1) is 5.56 Å². The van der Waals surface area contributed by atoms with Crippen LogP contribution < -0.4 is 26.5 Å². The highest BCUT2D eigenvalue weighted by molar-refractivity contribution is 6.03. The summed E-state index contributed by atoms with van der Waals surface area (Å²) in [4.78, 5) is 8.05. The number of nitrogens with zero attached hydrogens (tertiary/aromatic N) is 2. The third kappa shape index (κ3) is 4.37. The number of allylic oxidation sites excluding steroid dienone is 5. The van der Waals surface area contributed by atoms with Crippen molar-refractivity contribution in [2.24, 2.45) is 10.8 Å². The lowest BCUT2D eigenvalue weighted by Crippen LogP contribution is -2.43. The fourth-order valence-corrected chi connectivity index (χ4v) is 3.07. The number of nitrogen functional groups attached to an aromatic ring is 1. The van der Waals surface area contributed by atoms with Crippen LogP contribution in [0.5, 0.6) is 11.5 Å². The number of rotatable bonds is 3. The van der Waals surface area contributed by atoms with E-state index in [1.165, 1.54) is 48.7 Å². The van der Waals surface area contributed by atoms with Gasteiger partial charge in [0.15, 0.2) is 23.2 Å². The molecule has 12 heteroatoms. The summed E-state index contributed by atoms with van der Waals surface area (Å²) in [5.74, 6) is 2.62. The number of hydrogen-bond donors (Lipinski definition) is 3. The van der Waals surface area contributed by atoms with Crippen LogP contribution in [0.1, 0.15) is 12.0 Å². The standard InChI is InChI=1S/C21H16F5N5O2/c22-13-3-1-2-4-14(17(13)23)30-19(31-28)12-7-11(9-29-18(12)27)10-5-6-15-16(8-10)33-21(25,26)20(24)32-15/h1-2,4-9,20H,3,28H2,(H2,27,29)(H,30,31). The molecule has 0 spiro atoms. The van der Waals surface area contributed by atoms with Crippen molar-refractivity contribution in [3.8, 4) is 22.6 Å². The Morgan fingerprint density at radius 1 is 1.18 bits per heavy atom. The van der Waals surface area contributed by atoms with E-state index in [-0.39, 0.29) is 40.8 Å². The maximum absolute atomic E-state index is 14.3. The van der Waals surface area contributed by atoms with Gasteiger partial charge in [0.2, 0.25) is 0 Å². The smallest absolute Gasteiger partial charge is 0.447 e. The number of aliphatic imine (C=N–C) groups is 1. The van der Waals surface area contributed by atoms with Gasteiger partial charge in [-0.2, -0.15) is 13.2 Å². The first-order chi connectivity index (χ1) is 15.7. The van der Waals surface area contributed by atoms with Gasteiger partial charge in [-0.15, -0.1) is 0 Å². The molecule has 1 aliphatic carbocycles. The number of nitrogens with one attached hydrogen (secondary N) is 1. The van der Waals surface area contributed by atoms with E-state index in [1.807, 2.05) is 0 Å². The van der Waals surface area contributed by atoms with Gasteiger partial charge in [0.1, 0.15) is 17.3 Å². The number of hydrogen-bond acceptors (Lipinski definition) is 6. The zero-order valence-corrected chi connectivity index (χ0v) is 16.7. The van der Waals surface area contributed by atoms with Crippen LogP contribution in [0.3, 0.4) is 0 Å². The molecule has 0 saturated heterocycles. The molecular weight excluding hydrogens is 449 g/mol. The number of hydrazine groups is 1. The van der Waals surface area contributed by atoms with E-state index in [4.69, 9.17) is 11.6 Å². The van der Waals surface area contributed by atoms with Crippen LogP contribution in [0.25, 0.3) is 11.1 Å². The predicted molar refractivity (Wildman–Crippen MR) is 110 cm³/mol. The van der Waals surface area contributed by atoms with Crippen molar-refractivity contribution < 1.29 is 31.4 Å². The molecule has 4 rings (SSSR count). The van der Waals surface area contributed by atoms with Crippen molar-refractivity contribution in [3.63, 3.8) is 0 Å². The molecule has 2 heterocycles. The van der Waals surface area contributed by atoms with Gasteiger partial charge < -0.3 is 20.6 Å². The SMILES string of the molecule is NNC(=NC1=CC=CCC(F)=C1F)c1cc(-c2ccc3c(c2)OC(F)(F)C(F)O3)cnc1N. The first-order valence-electron chi connectivity index (χ1n) is 9.44. The molecule has 1 unspecified atom stereocenters. The second-order valence-corrected chi connectivity index (χ2v) is 6.92. The average molecular weight is 465 g/mol. The zero-order chi connectivity index (χ0) is 23.8. The van der Waals surface area contributed by atoms with Crippen LogP contribution in [-0.4, -0.2) is 23.3 Å². The molecule has 0 fully saturated rings. The van der Waals surface area contributed by atoms with Crippen molar-refractivity contribution in [1.29, 1.82) is 0 Å². The van der Waals surface area contributed by atoms with Crippen molar-refractivity contribution in [3.05, 3.63) is 71.6 Å².